The Bertz CT molecular complexity index is 454. The van der Waals surface area contributed by atoms with Gasteiger partial charge in [0.25, 0.3) is 0 Å². The smallest absolute Gasteiger partial charge is 0.248 e. The Labute approximate surface area is 111 Å². The van der Waals surface area contributed by atoms with E-state index in [-0.39, 0.29) is 17.9 Å². The highest BCUT2D eigenvalue weighted by Gasteiger charge is 2.44. The highest BCUT2D eigenvalue weighted by Crippen LogP contribution is 2.22. The Morgan fingerprint density at radius 2 is 2.17 bits per heavy atom. The van der Waals surface area contributed by atoms with Crippen LogP contribution in [-0.4, -0.2) is 28.3 Å². The molecular formula is C13H18N2O2S. The normalized spacial score (nSPS) is 23.1. The van der Waals surface area contributed by atoms with Crippen molar-refractivity contribution in [2.45, 2.75) is 45.3 Å². The first-order valence-corrected chi connectivity index (χ1v) is 7.04. The fourth-order valence-electron chi connectivity index (χ4n) is 2.25. The van der Waals surface area contributed by atoms with Crippen LogP contribution in [0, 0.1) is 0 Å². The first-order chi connectivity index (χ1) is 8.45. The Morgan fingerprint density at radius 3 is 2.72 bits per heavy atom. The van der Waals surface area contributed by atoms with Gasteiger partial charge in [0.2, 0.25) is 11.8 Å². The van der Waals surface area contributed by atoms with Crippen molar-refractivity contribution in [3.05, 3.63) is 22.4 Å². The molecule has 1 aromatic heterocycles. The molecule has 2 heterocycles. The minimum atomic E-state index is -0.807. The summed E-state index contributed by atoms with van der Waals surface area (Å²) in [5.74, 6) is -0.0718. The van der Waals surface area contributed by atoms with Gasteiger partial charge in [-0.05, 0) is 42.7 Å². The Morgan fingerprint density at radius 1 is 1.44 bits per heavy atom. The molecule has 1 N–H and O–H groups in total. The summed E-state index contributed by atoms with van der Waals surface area (Å²) in [6.45, 7) is 5.94. The first kappa shape index (κ1) is 13.1. The zero-order valence-electron chi connectivity index (χ0n) is 10.9. The zero-order valence-corrected chi connectivity index (χ0v) is 11.7. The Kier molecular flexibility index (Phi) is 3.43. The maximum Gasteiger partial charge on any atom is 0.248 e. The van der Waals surface area contributed by atoms with Crippen LogP contribution in [-0.2, 0) is 16.1 Å². The van der Waals surface area contributed by atoms with Gasteiger partial charge in [-0.2, -0.15) is 11.3 Å². The second-order valence-electron chi connectivity index (χ2n) is 5.10. The summed E-state index contributed by atoms with van der Waals surface area (Å²) >= 11 is 1.60. The number of rotatable bonds is 3. The van der Waals surface area contributed by atoms with Gasteiger partial charge in [-0.3, -0.25) is 9.59 Å². The second-order valence-corrected chi connectivity index (χ2v) is 5.88. The lowest BCUT2D eigenvalue weighted by molar-refractivity contribution is -0.154. The molecule has 0 radical (unpaired) electrons. The number of nitrogens with zero attached hydrogens (tertiary/aromatic N) is 1. The van der Waals surface area contributed by atoms with E-state index in [1.54, 1.807) is 30.1 Å². The molecule has 0 bridgehead atoms. The van der Waals surface area contributed by atoms with Crippen LogP contribution in [0.3, 0.4) is 0 Å². The van der Waals surface area contributed by atoms with E-state index in [1.807, 2.05) is 23.8 Å². The molecule has 2 rings (SSSR count). The maximum atomic E-state index is 12.4. The van der Waals surface area contributed by atoms with Gasteiger partial charge in [-0.15, -0.1) is 0 Å². The van der Waals surface area contributed by atoms with Crippen molar-refractivity contribution in [2.75, 3.05) is 0 Å². The van der Waals surface area contributed by atoms with E-state index in [4.69, 9.17) is 0 Å². The van der Waals surface area contributed by atoms with Gasteiger partial charge in [0, 0.05) is 6.54 Å². The monoisotopic (exact) mass is 266 g/mol. The van der Waals surface area contributed by atoms with E-state index in [1.165, 1.54) is 0 Å². The molecule has 0 saturated carbocycles. The molecule has 18 heavy (non-hydrogen) atoms. The summed E-state index contributed by atoms with van der Waals surface area (Å²) < 4.78 is 0. The van der Waals surface area contributed by atoms with Crippen molar-refractivity contribution < 1.29 is 9.59 Å². The minimum Gasteiger partial charge on any atom is -0.340 e. The molecule has 1 fully saturated rings. The van der Waals surface area contributed by atoms with Crippen LogP contribution in [0.4, 0.5) is 0 Å². The molecular weight excluding hydrogens is 248 g/mol. The molecule has 0 aliphatic carbocycles. The van der Waals surface area contributed by atoms with Crippen LogP contribution >= 0.6 is 11.3 Å². The van der Waals surface area contributed by atoms with E-state index < -0.39 is 5.54 Å². The average molecular weight is 266 g/mol. The molecule has 1 saturated heterocycles. The standard InChI is InChI=1S/C13H18N2O2S/c1-4-10-11(16)14-13(2,3)12(17)15(10)7-9-5-6-18-8-9/h5-6,8,10H,4,7H2,1-3H3,(H,14,16). The van der Waals surface area contributed by atoms with E-state index in [9.17, 15) is 9.59 Å². The number of thiophene rings is 1. The van der Waals surface area contributed by atoms with Crippen LogP contribution < -0.4 is 5.32 Å². The van der Waals surface area contributed by atoms with E-state index >= 15 is 0 Å². The Hall–Kier alpha value is -1.36. The van der Waals surface area contributed by atoms with Gasteiger partial charge in [-0.1, -0.05) is 6.92 Å². The number of hydrogen-bond acceptors (Lipinski definition) is 3. The summed E-state index contributed by atoms with van der Waals surface area (Å²) in [5, 5.41) is 6.78. The van der Waals surface area contributed by atoms with Crippen LogP contribution in [0.25, 0.3) is 0 Å². The van der Waals surface area contributed by atoms with Crippen molar-refractivity contribution in [1.29, 1.82) is 0 Å². The quantitative estimate of drug-likeness (QED) is 0.906. The molecule has 0 aromatic carbocycles. The number of carbonyl (C=O) groups excluding carboxylic acids is 2. The zero-order chi connectivity index (χ0) is 13.3. The number of hydrogen-bond donors (Lipinski definition) is 1. The summed E-state index contributed by atoms with van der Waals surface area (Å²) in [6.07, 6.45) is 0.637. The molecule has 98 valence electrons. The fourth-order valence-corrected chi connectivity index (χ4v) is 2.91. The third-order valence-corrected chi connectivity index (χ3v) is 3.96. The maximum absolute atomic E-state index is 12.4. The largest absolute Gasteiger partial charge is 0.340 e. The molecule has 1 unspecified atom stereocenters. The fraction of sp³-hybridized carbons (Fsp3) is 0.538. The van der Waals surface area contributed by atoms with Crippen LogP contribution in [0.5, 0.6) is 0 Å². The predicted molar refractivity (Wildman–Crippen MR) is 71.2 cm³/mol. The molecule has 2 amide bonds. The van der Waals surface area contributed by atoms with Crippen molar-refractivity contribution in [3.63, 3.8) is 0 Å². The van der Waals surface area contributed by atoms with E-state index in [0.29, 0.717) is 13.0 Å². The highest BCUT2D eigenvalue weighted by atomic mass is 32.1. The molecule has 1 aliphatic rings. The van der Waals surface area contributed by atoms with Gasteiger partial charge >= 0.3 is 0 Å². The lowest BCUT2D eigenvalue weighted by Gasteiger charge is -2.42. The van der Waals surface area contributed by atoms with Crippen molar-refractivity contribution in [1.82, 2.24) is 10.2 Å². The average Bonchev–Trinajstić information content (AvgIpc) is 2.78. The highest BCUT2D eigenvalue weighted by molar-refractivity contribution is 7.07. The molecule has 1 atom stereocenters. The van der Waals surface area contributed by atoms with Gasteiger partial charge < -0.3 is 10.2 Å². The number of nitrogens with one attached hydrogen (secondary N) is 1. The minimum absolute atomic E-state index is 0.0137. The Balaban J connectivity index is 2.27. The summed E-state index contributed by atoms with van der Waals surface area (Å²) in [6, 6.07) is 1.63. The lowest BCUT2D eigenvalue weighted by atomic mass is 9.95. The first-order valence-electron chi connectivity index (χ1n) is 6.10. The van der Waals surface area contributed by atoms with E-state index in [0.717, 1.165) is 5.56 Å². The van der Waals surface area contributed by atoms with Gasteiger partial charge in [0.1, 0.15) is 11.6 Å². The van der Waals surface area contributed by atoms with Gasteiger partial charge in [0.15, 0.2) is 0 Å². The predicted octanol–water partition coefficient (Wildman–Crippen LogP) is 1.76. The van der Waals surface area contributed by atoms with Gasteiger partial charge in [-0.25, -0.2) is 0 Å². The number of piperazine rings is 1. The summed E-state index contributed by atoms with van der Waals surface area (Å²) in [7, 11) is 0. The number of carbonyl (C=O) groups is 2. The third-order valence-electron chi connectivity index (χ3n) is 3.23. The lowest BCUT2D eigenvalue weighted by Crippen LogP contribution is -2.67. The molecule has 5 heteroatoms. The molecule has 1 aliphatic heterocycles. The van der Waals surface area contributed by atoms with Crippen LogP contribution in [0.2, 0.25) is 0 Å². The molecule has 1 aromatic rings. The summed E-state index contributed by atoms with van der Waals surface area (Å²) in [4.78, 5) is 26.1. The van der Waals surface area contributed by atoms with Crippen LogP contribution in [0.15, 0.2) is 16.8 Å². The molecule has 4 nitrogen and oxygen atoms in total. The van der Waals surface area contributed by atoms with Gasteiger partial charge in [0.05, 0.1) is 0 Å². The van der Waals surface area contributed by atoms with Crippen molar-refractivity contribution >= 4 is 23.2 Å². The van der Waals surface area contributed by atoms with Crippen molar-refractivity contribution in [2.24, 2.45) is 0 Å². The van der Waals surface area contributed by atoms with Crippen LogP contribution in [0.1, 0.15) is 32.8 Å². The SMILES string of the molecule is CCC1C(=O)NC(C)(C)C(=O)N1Cc1ccsc1. The summed E-state index contributed by atoms with van der Waals surface area (Å²) in [5.41, 5.74) is 0.274. The van der Waals surface area contributed by atoms with E-state index in [2.05, 4.69) is 5.32 Å². The van der Waals surface area contributed by atoms with Crippen molar-refractivity contribution in [3.8, 4) is 0 Å². The second kappa shape index (κ2) is 4.72. The molecule has 0 spiro atoms. The third kappa shape index (κ3) is 2.27. The number of amides is 2. The topological polar surface area (TPSA) is 49.4 Å².